The number of hydrogen-bond donors (Lipinski definition) is 0. The van der Waals surface area contributed by atoms with Crippen LogP contribution in [-0.4, -0.2) is 24.9 Å². The SMILES string of the molecule is CC(Sc1nncn1C)c1noc(-c2cc(Cl)ccc2F)n1. The minimum absolute atomic E-state index is 0.0976. The van der Waals surface area contributed by atoms with Gasteiger partial charge in [0.1, 0.15) is 12.1 Å². The van der Waals surface area contributed by atoms with Crippen molar-refractivity contribution in [3.05, 3.63) is 41.2 Å². The summed E-state index contributed by atoms with van der Waals surface area (Å²) in [5.74, 6) is 0.0796. The van der Waals surface area contributed by atoms with Gasteiger partial charge in [0, 0.05) is 12.1 Å². The number of thioether (sulfide) groups is 1. The number of halogens is 2. The van der Waals surface area contributed by atoms with Crippen molar-refractivity contribution < 1.29 is 8.91 Å². The summed E-state index contributed by atoms with van der Waals surface area (Å²) in [6.07, 6.45) is 1.61. The smallest absolute Gasteiger partial charge is 0.260 e. The fourth-order valence-corrected chi connectivity index (χ4v) is 2.76. The van der Waals surface area contributed by atoms with Crippen LogP contribution in [-0.2, 0) is 7.05 Å². The largest absolute Gasteiger partial charge is 0.334 e. The minimum Gasteiger partial charge on any atom is -0.334 e. The van der Waals surface area contributed by atoms with E-state index in [0.717, 1.165) is 5.16 Å². The van der Waals surface area contributed by atoms with Gasteiger partial charge in [-0.3, -0.25) is 0 Å². The molecule has 2 aromatic heterocycles. The van der Waals surface area contributed by atoms with Gasteiger partial charge in [0.2, 0.25) is 0 Å². The minimum atomic E-state index is -0.465. The third kappa shape index (κ3) is 2.97. The number of nitrogens with zero attached hydrogens (tertiary/aromatic N) is 5. The fourth-order valence-electron chi connectivity index (χ4n) is 1.76. The quantitative estimate of drug-likeness (QED) is 0.677. The first-order chi connectivity index (χ1) is 10.5. The van der Waals surface area contributed by atoms with Crippen LogP contribution in [0.3, 0.4) is 0 Å². The van der Waals surface area contributed by atoms with Gasteiger partial charge in [-0.1, -0.05) is 28.5 Å². The van der Waals surface area contributed by atoms with Gasteiger partial charge in [0.15, 0.2) is 11.0 Å². The Hall–Kier alpha value is -1.93. The summed E-state index contributed by atoms with van der Waals surface area (Å²) in [6.45, 7) is 1.91. The molecular weight excluding hydrogens is 329 g/mol. The molecule has 0 aliphatic carbocycles. The highest BCUT2D eigenvalue weighted by molar-refractivity contribution is 7.99. The molecule has 0 amide bonds. The Morgan fingerprint density at radius 2 is 2.23 bits per heavy atom. The Morgan fingerprint density at radius 3 is 2.95 bits per heavy atom. The number of hydrogen-bond acceptors (Lipinski definition) is 6. The summed E-state index contributed by atoms with van der Waals surface area (Å²) >= 11 is 7.30. The topological polar surface area (TPSA) is 69.6 Å². The maximum absolute atomic E-state index is 13.8. The van der Waals surface area contributed by atoms with Crippen LogP contribution in [0.15, 0.2) is 34.2 Å². The Kier molecular flexibility index (Phi) is 4.12. The van der Waals surface area contributed by atoms with Crippen molar-refractivity contribution in [2.45, 2.75) is 17.3 Å². The predicted octanol–water partition coefficient (Wildman–Crippen LogP) is 3.51. The molecule has 6 nitrogen and oxygen atoms in total. The van der Waals surface area contributed by atoms with E-state index in [1.807, 2.05) is 14.0 Å². The van der Waals surface area contributed by atoms with Crippen LogP contribution < -0.4 is 0 Å². The molecule has 1 unspecified atom stereocenters. The lowest BCUT2D eigenvalue weighted by molar-refractivity contribution is 0.420. The summed E-state index contributed by atoms with van der Waals surface area (Å²) in [4.78, 5) is 4.24. The Balaban J connectivity index is 1.84. The summed E-state index contributed by atoms with van der Waals surface area (Å²) < 4.78 is 20.7. The normalized spacial score (nSPS) is 12.5. The van der Waals surface area contributed by atoms with Crippen LogP contribution >= 0.6 is 23.4 Å². The molecule has 3 rings (SSSR count). The van der Waals surface area contributed by atoms with E-state index in [1.165, 1.54) is 30.0 Å². The molecule has 0 radical (unpaired) electrons. The lowest BCUT2D eigenvalue weighted by Crippen LogP contribution is -1.96. The molecule has 0 aliphatic rings. The number of aryl methyl sites for hydroxylation is 1. The average molecular weight is 340 g/mol. The third-order valence-corrected chi connectivity index (χ3v) is 4.30. The Bertz CT molecular complexity index is 805. The highest BCUT2D eigenvalue weighted by Crippen LogP contribution is 2.33. The fraction of sp³-hybridized carbons (Fsp3) is 0.231. The molecular formula is C13H11ClFN5OS. The zero-order chi connectivity index (χ0) is 15.7. The molecule has 0 saturated heterocycles. The van der Waals surface area contributed by atoms with Gasteiger partial charge in [-0.25, -0.2) is 4.39 Å². The van der Waals surface area contributed by atoms with E-state index < -0.39 is 5.82 Å². The first kappa shape index (κ1) is 15.0. The van der Waals surface area contributed by atoms with Crippen LogP contribution in [0.5, 0.6) is 0 Å². The first-order valence-corrected chi connectivity index (χ1v) is 7.60. The van der Waals surface area contributed by atoms with Gasteiger partial charge in [-0.15, -0.1) is 10.2 Å². The van der Waals surface area contributed by atoms with Crippen molar-refractivity contribution in [1.82, 2.24) is 24.9 Å². The summed E-state index contributed by atoms with van der Waals surface area (Å²) in [7, 11) is 1.85. The highest BCUT2D eigenvalue weighted by atomic mass is 35.5. The number of rotatable bonds is 4. The highest BCUT2D eigenvalue weighted by Gasteiger charge is 2.19. The monoisotopic (exact) mass is 339 g/mol. The van der Waals surface area contributed by atoms with E-state index in [1.54, 1.807) is 10.9 Å². The maximum Gasteiger partial charge on any atom is 0.260 e. The van der Waals surface area contributed by atoms with E-state index in [4.69, 9.17) is 16.1 Å². The van der Waals surface area contributed by atoms with E-state index in [9.17, 15) is 4.39 Å². The van der Waals surface area contributed by atoms with Crippen molar-refractivity contribution in [3.8, 4) is 11.5 Å². The van der Waals surface area contributed by atoms with E-state index in [2.05, 4.69) is 20.3 Å². The molecule has 0 spiro atoms. The molecule has 3 aromatic rings. The molecule has 1 atom stereocenters. The molecule has 9 heteroatoms. The summed E-state index contributed by atoms with van der Waals surface area (Å²) in [5.41, 5.74) is 0.183. The average Bonchev–Trinajstić information content (AvgIpc) is 3.12. The van der Waals surface area contributed by atoms with Crippen LogP contribution in [0.4, 0.5) is 4.39 Å². The second-order valence-corrected chi connectivity index (χ2v) is 6.31. The number of aromatic nitrogens is 5. The first-order valence-electron chi connectivity index (χ1n) is 6.34. The summed E-state index contributed by atoms with van der Waals surface area (Å²) in [5, 5.41) is 12.7. The van der Waals surface area contributed by atoms with Crippen LogP contribution in [0, 0.1) is 5.82 Å². The van der Waals surface area contributed by atoms with Crippen molar-refractivity contribution >= 4 is 23.4 Å². The van der Waals surface area contributed by atoms with E-state index >= 15 is 0 Å². The second kappa shape index (κ2) is 6.05. The van der Waals surface area contributed by atoms with Gasteiger partial charge in [0.25, 0.3) is 5.89 Å². The maximum atomic E-state index is 13.8. The molecule has 22 heavy (non-hydrogen) atoms. The summed E-state index contributed by atoms with van der Waals surface area (Å²) in [6, 6.07) is 4.18. The Morgan fingerprint density at radius 1 is 1.41 bits per heavy atom. The van der Waals surface area contributed by atoms with Gasteiger partial charge < -0.3 is 9.09 Å². The van der Waals surface area contributed by atoms with E-state index in [0.29, 0.717) is 10.8 Å². The molecule has 0 fully saturated rings. The molecule has 0 saturated carbocycles. The van der Waals surface area contributed by atoms with Gasteiger partial charge >= 0.3 is 0 Å². The molecule has 114 valence electrons. The van der Waals surface area contributed by atoms with E-state index in [-0.39, 0.29) is 16.7 Å². The molecule has 2 heterocycles. The standard InChI is InChI=1S/C13H11ClFN5OS/c1-7(22-13-18-16-6-20(13)2)11-17-12(21-19-11)9-5-8(14)3-4-10(9)15/h3-7H,1-2H3. The molecule has 0 aliphatic heterocycles. The van der Waals surface area contributed by atoms with Crippen LogP contribution in [0.1, 0.15) is 18.0 Å². The van der Waals surface area contributed by atoms with Crippen molar-refractivity contribution in [3.63, 3.8) is 0 Å². The number of benzene rings is 1. The third-order valence-electron chi connectivity index (χ3n) is 2.92. The lowest BCUT2D eigenvalue weighted by Gasteiger charge is -2.04. The zero-order valence-electron chi connectivity index (χ0n) is 11.7. The zero-order valence-corrected chi connectivity index (χ0v) is 13.3. The molecule has 0 bridgehead atoms. The van der Waals surface area contributed by atoms with Crippen molar-refractivity contribution in [2.75, 3.05) is 0 Å². The molecule has 1 aromatic carbocycles. The van der Waals surface area contributed by atoms with Crippen molar-refractivity contribution in [2.24, 2.45) is 7.05 Å². The van der Waals surface area contributed by atoms with Gasteiger partial charge in [0.05, 0.1) is 10.8 Å². The second-order valence-electron chi connectivity index (χ2n) is 4.57. The van der Waals surface area contributed by atoms with Gasteiger partial charge in [-0.05, 0) is 25.1 Å². The lowest BCUT2D eigenvalue weighted by atomic mass is 10.2. The van der Waals surface area contributed by atoms with Crippen LogP contribution in [0.2, 0.25) is 5.02 Å². The van der Waals surface area contributed by atoms with Crippen molar-refractivity contribution in [1.29, 1.82) is 0 Å². The van der Waals surface area contributed by atoms with Gasteiger partial charge in [-0.2, -0.15) is 4.98 Å². The Labute approximate surface area is 134 Å². The van der Waals surface area contributed by atoms with Crippen LogP contribution in [0.25, 0.3) is 11.5 Å². The molecule has 0 N–H and O–H groups in total. The predicted molar refractivity (Wildman–Crippen MR) is 80.0 cm³/mol.